The predicted molar refractivity (Wildman–Crippen MR) is 179 cm³/mol. The van der Waals surface area contributed by atoms with Crippen molar-refractivity contribution in [3.8, 4) is 0 Å². The molecule has 0 aromatic heterocycles. The van der Waals surface area contributed by atoms with Crippen LogP contribution in [0.1, 0.15) is 37.0 Å². The van der Waals surface area contributed by atoms with E-state index in [0.717, 1.165) is 38.3 Å². The molecule has 9 heteroatoms. The molecule has 0 aliphatic carbocycles. The first kappa shape index (κ1) is 33.0. The lowest BCUT2D eigenvalue weighted by Gasteiger charge is -2.34. The normalized spacial score (nSPS) is 11.9. The standard InChI is InChI=1S/C35H38BrN3O4S/c1-3-22-37-35(41)33(24-28-12-7-5-8-13-28)38(25-29-14-11-15-30(36)23-29)34(40)26-39(31-20-18-27(4-2)19-21-31)44(42,43)32-16-9-6-10-17-32/h5-21,23,33H,3-4,22,24-26H2,1-2H3,(H,37,41). The summed E-state index contributed by atoms with van der Waals surface area (Å²) < 4.78 is 30.1. The Morgan fingerprint density at radius 1 is 0.795 bits per heavy atom. The van der Waals surface area contributed by atoms with E-state index in [2.05, 4.69) is 21.2 Å². The molecule has 0 fully saturated rings. The van der Waals surface area contributed by atoms with Crippen molar-refractivity contribution >= 4 is 43.5 Å². The Balaban J connectivity index is 1.79. The molecule has 44 heavy (non-hydrogen) atoms. The number of hydrogen-bond acceptors (Lipinski definition) is 4. The number of rotatable bonds is 14. The first-order chi connectivity index (χ1) is 21.2. The maximum atomic E-state index is 14.5. The van der Waals surface area contributed by atoms with Gasteiger partial charge in [0.2, 0.25) is 11.8 Å². The van der Waals surface area contributed by atoms with Gasteiger partial charge in [0.1, 0.15) is 12.6 Å². The number of nitrogens with zero attached hydrogens (tertiary/aromatic N) is 2. The van der Waals surface area contributed by atoms with Gasteiger partial charge in [-0.2, -0.15) is 0 Å². The molecule has 0 heterocycles. The largest absolute Gasteiger partial charge is 0.354 e. The molecule has 0 saturated heterocycles. The van der Waals surface area contributed by atoms with Crippen molar-refractivity contribution in [3.63, 3.8) is 0 Å². The fraction of sp³-hybridized carbons (Fsp3) is 0.257. The van der Waals surface area contributed by atoms with Crippen molar-refractivity contribution in [2.24, 2.45) is 0 Å². The average Bonchev–Trinajstić information content (AvgIpc) is 3.05. The molecule has 0 spiro atoms. The third-order valence-corrected chi connectivity index (χ3v) is 9.59. The van der Waals surface area contributed by atoms with E-state index in [-0.39, 0.29) is 23.8 Å². The molecule has 4 aromatic rings. The second kappa shape index (κ2) is 15.7. The highest BCUT2D eigenvalue weighted by molar-refractivity contribution is 9.10. The number of benzene rings is 4. The number of carbonyl (C=O) groups excluding carboxylic acids is 2. The molecule has 0 saturated carbocycles. The van der Waals surface area contributed by atoms with E-state index >= 15 is 0 Å². The van der Waals surface area contributed by atoms with Crippen molar-refractivity contribution in [1.29, 1.82) is 0 Å². The van der Waals surface area contributed by atoms with Gasteiger partial charge in [-0.15, -0.1) is 0 Å². The highest BCUT2D eigenvalue weighted by Gasteiger charge is 2.34. The monoisotopic (exact) mass is 675 g/mol. The summed E-state index contributed by atoms with van der Waals surface area (Å²) in [6.07, 6.45) is 1.80. The summed E-state index contributed by atoms with van der Waals surface area (Å²) >= 11 is 3.51. The number of amides is 2. The van der Waals surface area contributed by atoms with Gasteiger partial charge >= 0.3 is 0 Å². The zero-order chi connectivity index (χ0) is 31.5. The van der Waals surface area contributed by atoms with Crippen LogP contribution in [-0.4, -0.2) is 44.3 Å². The van der Waals surface area contributed by atoms with E-state index < -0.39 is 28.5 Å². The lowest BCUT2D eigenvalue weighted by molar-refractivity contribution is -0.140. The number of anilines is 1. The van der Waals surface area contributed by atoms with Gasteiger partial charge in [-0.25, -0.2) is 8.42 Å². The molecule has 1 atom stereocenters. The lowest BCUT2D eigenvalue weighted by atomic mass is 10.0. The quantitative estimate of drug-likeness (QED) is 0.168. The molecule has 0 aliphatic heterocycles. The fourth-order valence-corrected chi connectivity index (χ4v) is 6.78. The van der Waals surface area contributed by atoms with Crippen LogP contribution in [0.4, 0.5) is 5.69 Å². The van der Waals surface area contributed by atoms with Crippen LogP contribution in [0.15, 0.2) is 119 Å². The molecular weight excluding hydrogens is 638 g/mol. The number of nitrogens with one attached hydrogen (secondary N) is 1. The third-order valence-electron chi connectivity index (χ3n) is 7.30. The van der Waals surface area contributed by atoms with Gasteiger partial charge in [-0.05, 0) is 65.9 Å². The minimum atomic E-state index is -4.12. The van der Waals surface area contributed by atoms with Crippen LogP contribution in [0.25, 0.3) is 0 Å². The van der Waals surface area contributed by atoms with E-state index in [9.17, 15) is 18.0 Å². The number of halogens is 1. The second-order valence-electron chi connectivity index (χ2n) is 10.5. The minimum absolute atomic E-state index is 0.0763. The Morgan fingerprint density at radius 2 is 1.43 bits per heavy atom. The summed E-state index contributed by atoms with van der Waals surface area (Å²) in [6.45, 7) is 4.08. The summed E-state index contributed by atoms with van der Waals surface area (Å²) in [4.78, 5) is 29.7. The Hall–Kier alpha value is -3.95. The van der Waals surface area contributed by atoms with Crippen molar-refractivity contribution in [3.05, 3.63) is 130 Å². The SMILES string of the molecule is CCCNC(=O)C(Cc1ccccc1)N(Cc1cccc(Br)c1)C(=O)CN(c1ccc(CC)cc1)S(=O)(=O)c1ccccc1. The molecule has 4 rings (SSSR count). The lowest BCUT2D eigenvalue weighted by Crippen LogP contribution is -2.53. The summed E-state index contributed by atoms with van der Waals surface area (Å²) in [5, 5.41) is 2.97. The van der Waals surface area contributed by atoms with Crippen molar-refractivity contribution in [1.82, 2.24) is 10.2 Å². The maximum absolute atomic E-state index is 14.5. The van der Waals surface area contributed by atoms with E-state index in [1.165, 1.54) is 17.0 Å². The van der Waals surface area contributed by atoms with Crippen LogP contribution >= 0.6 is 15.9 Å². The summed E-state index contributed by atoms with van der Waals surface area (Å²) in [7, 11) is -4.12. The van der Waals surface area contributed by atoms with Gasteiger partial charge in [-0.3, -0.25) is 13.9 Å². The summed E-state index contributed by atoms with van der Waals surface area (Å²) in [6, 6.07) is 31.4. The molecule has 230 valence electrons. The third kappa shape index (κ3) is 8.57. The van der Waals surface area contributed by atoms with E-state index in [1.807, 2.05) is 80.6 Å². The van der Waals surface area contributed by atoms with Gasteiger partial charge in [0.05, 0.1) is 10.6 Å². The van der Waals surface area contributed by atoms with E-state index in [4.69, 9.17) is 0 Å². The van der Waals surface area contributed by atoms with Crippen molar-refractivity contribution < 1.29 is 18.0 Å². The predicted octanol–water partition coefficient (Wildman–Crippen LogP) is 6.37. The van der Waals surface area contributed by atoms with Crippen molar-refractivity contribution in [2.75, 3.05) is 17.4 Å². The van der Waals surface area contributed by atoms with Crippen LogP contribution in [0.3, 0.4) is 0 Å². The first-order valence-corrected chi connectivity index (χ1v) is 17.0. The number of aryl methyl sites for hydroxylation is 1. The molecule has 1 unspecified atom stereocenters. The molecule has 7 nitrogen and oxygen atoms in total. The summed E-state index contributed by atoms with van der Waals surface area (Å²) in [5.74, 6) is -0.777. The van der Waals surface area contributed by atoms with Crippen LogP contribution in [0.2, 0.25) is 0 Å². The number of hydrogen-bond donors (Lipinski definition) is 1. The molecule has 0 bridgehead atoms. The summed E-state index contributed by atoms with van der Waals surface area (Å²) in [5.41, 5.74) is 3.11. The Bertz CT molecular complexity index is 1630. The topological polar surface area (TPSA) is 86.8 Å². The molecule has 4 aromatic carbocycles. The van der Waals surface area contributed by atoms with Gasteiger partial charge in [0.15, 0.2) is 0 Å². The van der Waals surface area contributed by atoms with Crippen LogP contribution in [0, 0.1) is 0 Å². The molecule has 1 N–H and O–H groups in total. The van der Waals surface area contributed by atoms with Gasteiger partial charge in [-0.1, -0.05) is 103 Å². The number of carbonyl (C=O) groups is 2. The Morgan fingerprint density at radius 3 is 2.05 bits per heavy atom. The average molecular weight is 677 g/mol. The molecule has 2 amide bonds. The first-order valence-electron chi connectivity index (χ1n) is 14.7. The zero-order valence-corrected chi connectivity index (χ0v) is 27.4. The molecular formula is C35H38BrN3O4S. The number of sulfonamides is 1. The molecule has 0 aliphatic rings. The van der Waals surface area contributed by atoms with E-state index in [1.54, 1.807) is 30.3 Å². The Labute approximate surface area is 269 Å². The van der Waals surface area contributed by atoms with Gasteiger partial charge in [0, 0.05) is 24.0 Å². The van der Waals surface area contributed by atoms with Crippen LogP contribution in [0.5, 0.6) is 0 Å². The zero-order valence-electron chi connectivity index (χ0n) is 25.0. The minimum Gasteiger partial charge on any atom is -0.354 e. The highest BCUT2D eigenvalue weighted by Crippen LogP contribution is 2.26. The van der Waals surface area contributed by atoms with Gasteiger partial charge < -0.3 is 10.2 Å². The van der Waals surface area contributed by atoms with Gasteiger partial charge in [0.25, 0.3) is 10.0 Å². The van der Waals surface area contributed by atoms with Crippen molar-refractivity contribution in [2.45, 2.75) is 50.6 Å². The van der Waals surface area contributed by atoms with E-state index in [0.29, 0.717) is 12.2 Å². The van der Waals surface area contributed by atoms with Crippen LogP contribution < -0.4 is 9.62 Å². The smallest absolute Gasteiger partial charge is 0.264 e. The molecule has 0 radical (unpaired) electrons. The second-order valence-corrected chi connectivity index (χ2v) is 13.3. The highest BCUT2D eigenvalue weighted by atomic mass is 79.9. The maximum Gasteiger partial charge on any atom is 0.264 e. The fourth-order valence-electron chi connectivity index (χ4n) is 4.90. The Kier molecular flexibility index (Phi) is 11.7. The van der Waals surface area contributed by atoms with Crippen LogP contribution in [-0.2, 0) is 39.0 Å².